The molecule has 0 atom stereocenters. The number of sulfonamides is 1. The molecule has 0 saturated carbocycles. The van der Waals surface area contributed by atoms with E-state index in [0.29, 0.717) is 0 Å². The van der Waals surface area contributed by atoms with Gasteiger partial charge >= 0.3 is 0 Å². The molecule has 4 heteroatoms. The standard InChI is InChI=1S/C6H7NO2S.C3H8.C2H6/c7-10(8,9)6-4-2-1-3-5-6;1-3-2;1-2/h1-5H,(H2,7,8,9);3H2,1-2H3;1-2H3. The Morgan fingerprint density at radius 3 is 1.60 bits per heavy atom. The Labute approximate surface area is 93.4 Å². The van der Waals surface area contributed by atoms with Crippen LogP contribution in [0.1, 0.15) is 34.1 Å². The molecule has 1 aromatic carbocycles. The zero-order valence-corrected chi connectivity index (χ0v) is 10.7. The van der Waals surface area contributed by atoms with Crippen molar-refractivity contribution >= 4 is 10.0 Å². The molecular weight excluding hydrogens is 210 g/mol. The molecule has 0 unspecified atom stereocenters. The number of primary sulfonamides is 1. The average molecular weight is 231 g/mol. The second kappa shape index (κ2) is 9.68. The second-order valence-electron chi connectivity index (χ2n) is 2.57. The highest BCUT2D eigenvalue weighted by Gasteiger charge is 2.03. The van der Waals surface area contributed by atoms with Crippen molar-refractivity contribution < 1.29 is 8.42 Å². The Morgan fingerprint density at radius 2 is 1.40 bits per heavy atom. The third kappa shape index (κ3) is 9.43. The van der Waals surface area contributed by atoms with E-state index in [1.54, 1.807) is 18.2 Å². The molecular formula is C11H21NO2S. The maximum absolute atomic E-state index is 10.6. The first kappa shape index (κ1) is 16.6. The van der Waals surface area contributed by atoms with Crippen LogP contribution in [0.3, 0.4) is 0 Å². The van der Waals surface area contributed by atoms with Crippen molar-refractivity contribution in [2.24, 2.45) is 5.14 Å². The normalized spacial score (nSPS) is 9.13. The van der Waals surface area contributed by atoms with Crippen LogP contribution in [-0.4, -0.2) is 8.42 Å². The molecule has 0 aliphatic rings. The van der Waals surface area contributed by atoms with Gasteiger partial charge in [-0.2, -0.15) is 0 Å². The number of nitrogens with two attached hydrogens (primary N) is 1. The third-order valence-electron chi connectivity index (χ3n) is 1.07. The highest BCUT2D eigenvalue weighted by molar-refractivity contribution is 7.89. The summed E-state index contributed by atoms with van der Waals surface area (Å²) in [6, 6.07) is 7.89. The Balaban J connectivity index is 0. The predicted octanol–water partition coefficient (Wildman–Crippen LogP) is 2.78. The lowest BCUT2D eigenvalue weighted by molar-refractivity contribution is 0.598. The van der Waals surface area contributed by atoms with Crippen LogP contribution < -0.4 is 5.14 Å². The zero-order valence-electron chi connectivity index (χ0n) is 9.90. The summed E-state index contributed by atoms with van der Waals surface area (Å²) in [4.78, 5) is 0.148. The van der Waals surface area contributed by atoms with Crippen molar-refractivity contribution in [3.05, 3.63) is 30.3 Å². The fourth-order valence-electron chi connectivity index (χ4n) is 0.610. The van der Waals surface area contributed by atoms with E-state index in [0.717, 1.165) is 0 Å². The van der Waals surface area contributed by atoms with Crippen LogP contribution in [0, 0.1) is 0 Å². The molecule has 3 nitrogen and oxygen atoms in total. The number of benzene rings is 1. The van der Waals surface area contributed by atoms with Crippen molar-refractivity contribution in [3.8, 4) is 0 Å². The smallest absolute Gasteiger partial charge is 0.225 e. The molecule has 2 N–H and O–H groups in total. The van der Waals surface area contributed by atoms with Gasteiger partial charge in [0.1, 0.15) is 0 Å². The van der Waals surface area contributed by atoms with Gasteiger partial charge < -0.3 is 0 Å². The van der Waals surface area contributed by atoms with E-state index in [1.807, 2.05) is 13.8 Å². The summed E-state index contributed by atoms with van der Waals surface area (Å²) in [5, 5.41) is 4.83. The molecule has 0 aliphatic carbocycles. The van der Waals surface area contributed by atoms with Crippen molar-refractivity contribution in [1.82, 2.24) is 0 Å². The van der Waals surface area contributed by atoms with E-state index >= 15 is 0 Å². The Morgan fingerprint density at radius 1 is 1.07 bits per heavy atom. The monoisotopic (exact) mass is 231 g/mol. The molecule has 1 aromatic rings. The largest absolute Gasteiger partial charge is 0.238 e. The van der Waals surface area contributed by atoms with E-state index in [-0.39, 0.29) is 4.90 Å². The molecule has 0 bridgehead atoms. The van der Waals surface area contributed by atoms with E-state index in [4.69, 9.17) is 5.14 Å². The molecule has 15 heavy (non-hydrogen) atoms. The van der Waals surface area contributed by atoms with Crippen LogP contribution in [0.15, 0.2) is 35.2 Å². The van der Waals surface area contributed by atoms with E-state index in [9.17, 15) is 8.42 Å². The SMILES string of the molecule is CC.CCC.NS(=O)(=O)c1ccccc1. The zero-order chi connectivity index (χ0) is 12.3. The van der Waals surface area contributed by atoms with Crippen LogP contribution in [0.4, 0.5) is 0 Å². The topological polar surface area (TPSA) is 60.2 Å². The van der Waals surface area contributed by atoms with E-state index < -0.39 is 10.0 Å². The van der Waals surface area contributed by atoms with Gasteiger partial charge in [-0.15, -0.1) is 0 Å². The maximum Gasteiger partial charge on any atom is 0.238 e. The summed E-state index contributed by atoms with van der Waals surface area (Å²) in [5.74, 6) is 0. The molecule has 0 saturated heterocycles. The number of hydrogen-bond acceptors (Lipinski definition) is 2. The fourth-order valence-corrected chi connectivity index (χ4v) is 1.15. The Hall–Kier alpha value is -0.870. The number of rotatable bonds is 1. The molecule has 0 aliphatic heterocycles. The molecule has 88 valence electrons. The van der Waals surface area contributed by atoms with Crippen molar-refractivity contribution in [1.29, 1.82) is 0 Å². The van der Waals surface area contributed by atoms with Crippen LogP contribution >= 0.6 is 0 Å². The first-order chi connectivity index (χ1) is 7.02. The van der Waals surface area contributed by atoms with Gasteiger partial charge in [-0.25, -0.2) is 13.6 Å². The minimum absolute atomic E-state index is 0.148. The van der Waals surface area contributed by atoms with Gasteiger partial charge in [-0.1, -0.05) is 52.3 Å². The van der Waals surface area contributed by atoms with Crippen LogP contribution in [0.25, 0.3) is 0 Å². The lowest BCUT2D eigenvalue weighted by atomic mass is 10.4. The van der Waals surface area contributed by atoms with Gasteiger partial charge in [-0.05, 0) is 12.1 Å². The van der Waals surface area contributed by atoms with Gasteiger partial charge in [0.25, 0.3) is 0 Å². The summed E-state index contributed by atoms with van der Waals surface area (Å²) in [5.41, 5.74) is 0. The summed E-state index contributed by atoms with van der Waals surface area (Å²) in [7, 11) is -3.50. The molecule has 0 spiro atoms. The summed E-state index contributed by atoms with van der Waals surface area (Å²) in [6.45, 7) is 8.25. The van der Waals surface area contributed by atoms with Crippen LogP contribution in [0.5, 0.6) is 0 Å². The van der Waals surface area contributed by atoms with Gasteiger partial charge in [0.2, 0.25) is 10.0 Å². The van der Waals surface area contributed by atoms with Crippen molar-refractivity contribution in [2.45, 2.75) is 39.0 Å². The molecule has 1 rings (SSSR count). The molecule has 0 radical (unpaired) electrons. The minimum Gasteiger partial charge on any atom is -0.225 e. The highest BCUT2D eigenvalue weighted by Crippen LogP contribution is 2.02. The van der Waals surface area contributed by atoms with Gasteiger partial charge in [0.05, 0.1) is 4.90 Å². The Kier molecular flexibility index (Phi) is 10.7. The fraction of sp³-hybridized carbons (Fsp3) is 0.455. The van der Waals surface area contributed by atoms with Gasteiger partial charge in [0, 0.05) is 0 Å². The molecule has 0 amide bonds. The lowest BCUT2D eigenvalue weighted by Crippen LogP contribution is -2.11. The quantitative estimate of drug-likeness (QED) is 0.808. The third-order valence-corrected chi connectivity index (χ3v) is 2.00. The summed E-state index contributed by atoms with van der Waals surface area (Å²) in [6.07, 6.45) is 1.25. The summed E-state index contributed by atoms with van der Waals surface area (Å²) >= 11 is 0. The number of hydrogen-bond donors (Lipinski definition) is 1. The van der Waals surface area contributed by atoms with Gasteiger partial charge in [-0.3, -0.25) is 0 Å². The van der Waals surface area contributed by atoms with E-state index in [2.05, 4.69) is 13.8 Å². The van der Waals surface area contributed by atoms with Gasteiger partial charge in [0.15, 0.2) is 0 Å². The average Bonchev–Trinajstić information content (AvgIpc) is 2.22. The van der Waals surface area contributed by atoms with E-state index in [1.165, 1.54) is 18.6 Å². The second-order valence-corrected chi connectivity index (χ2v) is 4.13. The van der Waals surface area contributed by atoms with Crippen LogP contribution in [0.2, 0.25) is 0 Å². The predicted molar refractivity (Wildman–Crippen MR) is 65.1 cm³/mol. The summed E-state index contributed by atoms with van der Waals surface area (Å²) < 4.78 is 21.2. The van der Waals surface area contributed by atoms with Crippen molar-refractivity contribution in [3.63, 3.8) is 0 Å². The molecule has 0 heterocycles. The minimum atomic E-state index is -3.50. The maximum atomic E-state index is 10.6. The highest BCUT2D eigenvalue weighted by atomic mass is 32.2. The van der Waals surface area contributed by atoms with Crippen LogP contribution in [-0.2, 0) is 10.0 Å². The molecule has 0 aromatic heterocycles. The first-order valence-corrected chi connectivity index (χ1v) is 6.64. The van der Waals surface area contributed by atoms with Crippen molar-refractivity contribution in [2.75, 3.05) is 0 Å². The Bertz CT molecular complexity index is 320. The molecule has 0 fully saturated rings. The first-order valence-electron chi connectivity index (χ1n) is 5.10. The lowest BCUT2D eigenvalue weighted by Gasteiger charge is -1.93.